The number of benzene rings is 10. The summed E-state index contributed by atoms with van der Waals surface area (Å²) in [5.41, 5.74) is 16.9. The van der Waals surface area contributed by atoms with Crippen LogP contribution >= 0.6 is 0 Å². The van der Waals surface area contributed by atoms with Crippen molar-refractivity contribution in [2.45, 2.75) is 5.41 Å². The van der Waals surface area contributed by atoms with Gasteiger partial charge in [0.15, 0.2) is 0 Å². The van der Waals surface area contributed by atoms with Gasteiger partial charge in [-0.05, 0) is 129 Å². The molecule has 1 heterocycles. The molecule has 13 rings (SSSR count). The molecule has 2 aliphatic rings. The van der Waals surface area contributed by atoms with Crippen LogP contribution in [0.3, 0.4) is 0 Å². The summed E-state index contributed by atoms with van der Waals surface area (Å²) < 4.78 is 6.60. The lowest BCUT2D eigenvalue weighted by atomic mass is 9.69. The Balaban J connectivity index is 1.19. The topological polar surface area (TPSA) is 13.1 Å². The summed E-state index contributed by atoms with van der Waals surface area (Å²) in [6.07, 6.45) is 0. The summed E-state index contributed by atoms with van der Waals surface area (Å²) in [5, 5.41) is 9.76. The van der Waals surface area contributed by atoms with Crippen LogP contribution < -0.4 is 0 Å². The van der Waals surface area contributed by atoms with Gasteiger partial charge in [-0.2, -0.15) is 0 Å². The van der Waals surface area contributed by atoms with Gasteiger partial charge in [0.05, 0.1) is 5.41 Å². The predicted octanol–water partition coefficient (Wildman–Crippen LogP) is 14.7. The van der Waals surface area contributed by atoms with Gasteiger partial charge in [0.1, 0.15) is 11.2 Å². The van der Waals surface area contributed by atoms with E-state index in [4.69, 9.17) is 4.42 Å². The van der Waals surface area contributed by atoms with Crippen molar-refractivity contribution in [3.63, 3.8) is 0 Å². The lowest BCUT2D eigenvalue weighted by Gasteiger charge is -2.31. The second-order valence-electron chi connectivity index (χ2n) is 15.5. The van der Waals surface area contributed by atoms with Crippen molar-refractivity contribution in [2.24, 2.45) is 0 Å². The minimum atomic E-state index is -0.514. The zero-order chi connectivity index (χ0) is 36.5. The van der Waals surface area contributed by atoms with Crippen LogP contribution in [0.15, 0.2) is 199 Å². The Morgan fingerprint density at radius 2 is 0.911 bits per heavy atom. The third kappa shape index (κ3) is 3.79. The summed E-state index contributed by atoms with van der Waals surface area (Å²) in [6, 6.07) is 72.2. The van der Waals surface area contributed by atoms with E-state index in [0.717, 1.165) is 21.9 Å². The van der Waals surface area contributed by atoms with Gasteiger partial charge in [-0.1, -0.05) is 164 Å². The van der Waals surface area contributed by atoms with E-state index in [0.29, 0.717) is 0 Å². The Kier molecular flexibility index (Phi) is 5.89. The van der Waals surface area contributed by atoms with Gasteiger partial charge in [0.25, 0.3) is 0 Å². The summed E-state index contributed by atoms with van der Waals surface area (Å²) >= 11 is 0. The SMILES string of the molecule is c1ccc2c(c1)-c1ccccc1C21c2cc(-c3cccc4oc5cc6ccccc6cc5c34)ccc2-c2c1cc1ccccc1c2-c1cccc2ccccc12. The highest BCUT2D eigenvalue weighted by Crippen LogP contribution is 2.65. The van der Waals surface area contributed by atoms with Crippen LogP contribution in [0.5, 0.6) is 0 Å². The molecule has 0 N–H and O–H groups in total. The van der Waals surface area contributed by atoms with Crippen LogP contribution in [0.2, 0.25) is 0 Å². The molecule has 0 unspecified atom stereocenters. The maximum atomic E-state index is 6.60. The fraction of sp³-hybridized carbons (Fsp3) is 0.0182. The molecular weight excluding hydrogens is 677 g/mol. The van der Waals surface area contributed by atoms with Gasteiger partial charge in [0.2, 0.25) is 0 Å². The van der Waals surface area contributed by atoms with E-state index >= 15 is 0 Å². The largest absolute Gasteiger partial charge is 0.456 e. The molecule has 258 valence electrons. The van der Waals surface area contributed by atoms with Crippen molar-refractivity contribution < 1.29 is 4.42 Å². The number of rotatable bonds is 2. The number of hydrogen-bond acceptors (Lipinski definition) is 1. The maximum Gasteiger partial charge on any atom is 0.136 e. The Morgan fingerprint density at radius 1 is 0.304 bits per heavy atom. The quantitative estimate of drug-likeness (QED) is 0.174. The Hall–Kier alpha value is -7.22. The first-order valence-corrected chi connectivity index (χ1v) is 19.5. The molecule has 0 saturated carbocycles. The van der Waals surface area contributed by atoms with E-state index in [1.165, 1.54) is 99.1 Å². The minimum absolute atomic E-state index is 0.514. The van der Waals surface area contributed by atoms with E-state index in [2.05, 4.69) is 194 Å². The highest BCUT2D eigenvalue weighted by atomic mass is 16.3. The zero-order valence-corrected chi connectivity index (χ0v) is 30.4. The van der Waals surface area contributed by atoms with E-state index in [1.54, 1.807) is 0 Å². The smallest absolute Gasteiger partial charge is 0.136 e. The molecule has 1 heteroatoms. The van der Waals surface area contributed by atoms with Crippen LogP contribution in [0.25, 0.3) is 98.8 Å². The average Bonchev–Trinajstić information content (AvgIpc) is 3.88. The monoisotopic (exact) mass is 708 g/mol. The minimum Gasteiger partial charge on any atom is -0.456 e. The molecule has 0 fully saturated rings. The standard InChI is InChI=1S/C55H32O/c1-2-15-35-32-51-45(29-34(35)14-1)52-39(22-12-26-50(52)56-51)37-27-28-44-48(30-37)55(46-24-9-7-20-41(46)42-21-8-10-25-47(42)55)49-31-36-16-4-6-19-40(36)53(54(44)49)43-23-11-17-33-13-3-5-18-38(33)43/h1-32H. The predicted molar refractivity (Wildman–Crippen MR) is 233 cm³/mol. The van der Waals surface area contributed by atoms with Crippen molar-refractivity contribution in [1.29, 1.82) is 0 Å². The molecule has 0 radical (unpaired) electrons. The van der Waals surface area contributed by atoms with Crippen LogP contribution in [0.4, 0.5) is 0 Å². The van der Waals surface area contributed by atoms with Crippen LogP contribution in [-0.4, -0.2) is 0 Å². The molecular formula is C55H32O. The Bertz CT molecular complexity index is 3440. The lowest BCUT2D eigenvalue weighted by Crippen LogP contribution is -2.26. The van der Waals surface area contributed by atoms with E-state index < -0.39 is 5.41 Å². The van der Waals surface area contributed by atoms with E-state index in [1.807, 2.05) is 0 Å². The number of hydrogen-bond donors (Lipinski definition) is 0. The molecule has 0 atom stereocenters. The van der Waals surface area contributed by atoms with Gasteiger partial charge in [-0.15, -0.1) is 0 Å². The maximum absolute atomic E-state index is 6.60. The zero-order valence-electron chi connectivity index (χ0n) is 30.4. The molecule has 2 aliphatic carbocycles. The van der Waals surface area contributed by atoms with Crippen LogP contribution in [-0.2, 0) is 5.41 Å². The molecule has 1 spiro atoms. The highest BCUT2D eigenvalue weighted by molar-refractivity contribution is 6.17. The fourth-order valence-corrected chi connectivity index (χ4v) is 10.6. The summed E-state index contributed by atoms with van der Waals surface area (Å²) in [5.74, 6) is 0. The molecule has 0 saturated heterocycles. The number of furan rings is 1. The second kappa shape index (κ2) is 10.9. The van der Waals surface area contributed by atoms with Gasteiger partial charge in [-0.3, -0.25) is 0 Å². The van der Waals surface area contributed by atoms with Gasteiger partial charge in [-0.25, -0.2) is 0 Å². The summed E-state index contributed by atoms with van der Waals surface area (Å²) in [6.45, 7) is 0. The molecule has 10 aromatic carbocycles. The second-order valence-corrected chi connectivity index (χ2v) is 15.5. The normalized spacial score (nSPS) is 13.5. The third-order valence-electron chi connectivity index (χ3n) is 12.8. The van der Waals surface area contributed by atoms with Crippen LogP contribution in [0, 0.1) is 0 Å². The van der Waals surface area contributed by atoms with Crippen LogP contribution in [0.1, 0.15) is 22.3 Å². The van der Waals surface area contributed by atoms with Crippen molar-refractivity contribution in [1.82, 2.24) is 0 Å². The van der Waals surface area contributed by atoms with Crippen molar-refractivity contribution in [3.8, 4) is 44.5 Å². The van der Waals surface area contributed by atoms with Crippen molar-refractivity contribution >= 4 is 54.3 Å². The van der Waals surface area contributed by atoms with E-state index in [9.17, 15) is 0 Å². The first-order chi connectivity index (χ1) is 27.8. The van der Waals surface area contributed by atoms with E-state index in [-0.39, 0.29) is 0 Å². The fourth-order valence-electron chi connectivity index (χ4n) is 10.6. The van der Waals surface area contributed by atoms with Gasteiger partial charge >= 0.3 is 0 Å². The summed E-state index contributed by atoms with van der Waals surface area (Å²) in [4.78, 5) is 0. The Labute approximate surface area is 323 Å². The van der Waals surface area contributed by atoms with Gasteiger partial charge < -0.3 is 4.42 Å². The molecule has 1 aromatic heterocycles. The van der Waals surface area contributed by atoms with Crippen molar-refractivity contribution in [2.75, 3.05) is 0 Å². The van der Waals surface area contributed by atoms with Crippen molar-refractivity contribution in [3.05, 3.63) is 216 Å². The molecule has 0 amide bonds. The molecule has 56 heavy (non-hydrogen) atoms. The first kappa shape index (κ1) is 30.1. The number of fused-ring (bicyclic) bond motifs is 16. The average molecular weight is 709 g/mol. The molecule has 11 aromatic rings. The highest BCUT2D eigenvalue weighted by Gasteiger charge is 2.52. The molecule has 0 bridgehead atoms. The Morgan fingerprint density at radius 3 is 1.71 bits per heavy atom. The molecule has 1 nitrogen and oxygen atoms in total. The third-order valence-corrected chi connectivity index (χ3v) is 12.8. The first-order valence-electron chi connectivity index (χ1n) is 19.5. The summed E-state index contributed by atoms with van der Waals surface area (Å²) in [7, 11) is 0. The molecule has 0 aliphatic heterocycles. The van der Waals surface area contributed by atoms with Gasteiger partial charge in [0, 0.05) is 10.8 Å². The lowest BCUT2D eigenvalue weighted by molar-refractivity contribution is 0.669.